The summed E-state index contributed by atoms with van der Waals surface area (Å²) < 4.78 is 10.5. The molecule has 0 radical (unpaired) electrons. The van der Waals surface area contributed by atoms with Crippen LogP contribution < -0.4 is 0 Å². The van der Waals surface area contributed by atoms with Crippen molar-refractivity contribution in [3.05, 3.63) is 60.1 Å². The fourth-order valence-corrected chi connectivity index (χ4v) is 4.21. The summed E-state index contributed by atoms with van der Waals surface area (Å²) in [5.74, 6) is -0.649. The van der Waals surface area contributed by atoms with Crippen LogP contribution in [0.2, 0.25) is 0 Å². The highest BCUT2D eigenvalue weighted by molar-refractivity contribution is 5.91. The van der Waals surface area contributed by atoms with Crippen molar-refractivity contribution in [1.82, 2.24) is 14.7 Å². The summed E-state index contributed by atoms with van der Waals surface area (Å²) in [5.41, 5.74) is 1.26. The maximum absolute atomic E-state index is 12.5. The van der Waals surface area contributed by atoms with Crippen molar-refractivity contribution in [3.8, 4) is 0 Å². The van der Waals surface area contributed by atoms with E-state index in [2.05, 4.69) is 17.0 Å². The van der Waals surface area contributed by atoms with Gasteiger partial charge in [0.05, 0.1) is 12.2 Å². The van der Waals surface area contributed by atoms with Gasteiger partial charge in [-0.2, -0.15) is 0 Å². The third-order valence-corrected chi connectivity index (χ3v) is 6.16. The maximum atomic E-state index is 12.5. The van der Waals surface area contributed by atoms with Crippen LogP contribution >= 0.6 is 0 Å². The van der Waals surface area contributed by atoms with Crippen molar-refractivity contribution in [2.75, 3.05) is 45.9 Å². The second-order valence-corrected chi connectivity index (χ2v) is 8.29. The van der Waals surface area contributed by atoms with Gasteiger partial charge in [-0.1, -0.05) is 30.3 Å². The van der Waals surface area contributed by atoms with E-state index < -0.39 is 0 Å². The van der Waals surface area contributed by atoms with Crippen molar-refractivity contribution in [2.45, 2.75) is 19.4 Å². The number of amides is 2. The molecule has 1 aromatic heterocycles. The molecule has 0 atom stereocenters. The van der Waals surface area contributed by atoms with Crippen molar-refractivity contribution in [1.29, 1.82) is 0 Å². The maximum Gasteiger partial charge on any atom is 0.309 e. The summed E-state index contributed by atoms with van der Waals surface area (Å²) in [6.45, 7) is 4.47. The van der Waals surface area contributed by atoms with Gasteiger partial charge in [-0.3, -0.25) is 19.3 Å². The number of piperidine rings is 1. The monoisotopic (exact) mass is 439 g/mol. The van der Waals surface area contributed by atoms with E-state index in [9.17, 15) is 14.4 Å². The quantitative estimate of drug-likeness (QED) is 0.641. The summed E-state index contributed by atoms with van der Waals surface area (Å²) in [6.07, 6.45) is 2.52. The van der Waals surface area contributed by atoms with Gasteiger partial charge in [-0.05, 0) is 30.5 Å². The second-order valence-electron chi connectivity index (χ2n) is 8.29. The van der Waals surface area contributed by atoms with Crippen molar-refractivity contribution in [3.63, 3.8) is 0 Å². The first kappa shape index (κ1) is 22.1. The molecule has 0 bridgehead atoms. The average Bonchev–Trinajstić information content (AvgIpc) is 3.38. The lowest BCUT2D eigenvalue weighted by molar-refractivity contribution is -0.157. The normalized spacial score (nSPS) is 17.9. The Morgan fingerprint density at radius 2 is 1.59 bits per heavy atom. The number of carbonyl (C=O) groups excluding carboxylic acids is 3. The molecule has 0 spiro atoms. The number of rotatable bonds is 6. The summed E-state index contributed by atoms with van der Waals surface area (Å²) >= 11 is 0. The van der Waals surface area contributed by atoms with E-state index in [-0.39, 0.29) is 30.3 Å². The van der Waals surface area contributed by atoms with Crippen LogP contribution in [0.1, 0.15) is 29.0 Å². The highest BCUT2D eigenvalue weighted by Gasteiger charge is 2.30. The molecule has 2 aliphatic rings. The lowest BCUT2D eigenvalue weighted by Crippen LogP contribution is -2.49. The zero-order valence-corrected chi connectivity index (χ0v) is 18.2. The molecule has 2 saturated heterocycles. The van der Waals surface area contributed by atoms with Crippen LogP contribution in [0.25, 0.3) is 0 Å². The number of nitrogens with zero attached hydrogens (tertiary/aromatic N) is 3. The largest absolute Gasteiger partial charge is 0.459 e. The van der Waals surface area contributed by atoms with Gasteiger partial charge in [0.15, 0.2) is 12.4 Å². The average molecular weight is 440 g/mol. The van der Waals surface area contributed by atoms with Crippen LogP contribution in [0, 0.1) is 5.92 Å². The number of likely N-dealkylation sites (tertiary alicyclic amines) is 1. The fraction of sp³-hybridized carbons (Fsp3) is 0.458. The highest BCUT2D eigenvalue weighted by Crippen LogP contribution is 2.20. The van der Waals surface area contributed by atoms with E-state index >= 15 is 0 Å². The third-order valence-electron chi connectivity index (χ3n) is 6.16. The molecule has 4 rings (SSSR count). The lowest BCUT2D eigenvalue weighted by Gasteiger charge is -2.35. The SMILES string of the molecule is O=C(OCC(=O)N1CCN(Cc2ccccc2)CC1)C1CCN(C(=O)c2ccco2)CC1. The van der Waals surface area contributed by atoms with Gasteiger partial charge in [0.25, 0.3) is 11.8 Å². The van der Waals surface area contributed by atoms with Gasteiger partial charge in [0, 0.05) is 45.8 Å². The van der Waals surface area contributed by atoms with Crippen LogP contribution in [0.15, 0.2) is 53.1 Å². The molecule has 2 aromatic rings. The van der Waals surface area contributed by atoms with Crippen LogP contribution in [-0.2, 0) is 20.9 Å². The standard InChI is InChI=1S/C24H29N3O5/c28-22(26-14-12-25(13-15-26)17-19-5-2-1-3-6-19)18-32-24(30)20-8-10-27(11-9-20)23(29)21-7-4-16-31-21/h1-7,16,20H,8-15,17-18H2. The number of esters is 1. The van der Waals surface area contributed by atoms with Gasteiger partial charge < -0.3 is 19.0 Å². The van der Waals surface area contributed by atoms with E-state index in [4.69, 9.17) is 9.15 Å². The minimum atomic E-state index is -0.355. The molecule has 0 unspecified atom stereocenters. The molecule has 2 aliphatic heterocycles. The van der Waals surface area contributed by atoms with E-state index in [1.807, 2.05) is 18.2 Å². The minimum absolute atomic E-state index is 0.150. The van der Waals surface area contributed by atoms with Crippen molar-refractivity contribution < 1.29 is 23.5 Å². The molecule has 3 heterocycles. The molecule has 32 heavy (non-hydrogen) atoms. The molecular weight excluding hydrogens is 410 g/mol. The number of furan rings is 1. The Hall–Kier alpha value is -3.13. The molecular formula is C24H29N3O5. The smallest absolute Gasteiger partial charge is 0.309 e. The molecule has 2 fully saturated rings. The molecule has 0 saturated carbocycles. The molecule has 0 aliphatic carbocycles. The Balaban J connectivity index is 1.15. The minimum Gasteiger partial charge on any atom is -0.459 e. The Morgan fingerprint density at radius 3 is 2.25 bits per heavy atom. The molecule has 2 amide bonds. The van der Waals surface area contributed by atoms with Crippen LogP contribution in [0.4, 0.5) is 0 Å². The van der Waals surface area contributed by atoms with Gasteiger partial charge in [-0.25, -0.2) is 0 Å². The topological polar surface area (TPSA) is 83.3 Å². The molecule has 0 N–H and O–H groups in total. The zero-order valence-electron chi connectivity index (χ0n) is 18.2. The zero-order chi connectivity index (χ0) is 22.3. The predicted octanol–water partition coefficient (Wildman–Crippen LogP) is 2.02. The molecule has 1 aromatic carbocycles. The van der Waals surface area contributed by atoms with Crippen LogP contribution in [-0.4, -0.2) is 78.4 Å². The van der Waals surface area contributed by atoms with Gasteiger partial charge in [0.1, 0.15) is 0 Å². The summed E-state index contributed by atoms with van der Waals surface area (Å²) in [5, 5.41) is 0. The molecule has 8 nitrogen and oxygen atoms in total. The highest BCUT2D eigenvalue weighted by atomic mass is 16.5. The molecule has 8 heteroatoms. The number of benzene rings is 1. The van der Waals surface area contributed by atoms with E-state index in [0.29, 0.717) is 44.8 Å². The van der Waals surface area contributed by atoms with Crippen molar-refractivity contribution >= 4 is 17.8 Å². The van der Waals surface area contributed by atoms with Crippen LogP contribution in [0.5, 0.6) is 0 Å². The third kappa shape index (κ3) is 5.56. The van der Waals surface area contributed by atoms with E-state index in [1.165, 1.54) is 11.8 Å². The lowest BCUT2D eigenvalue weighted by atomic mass is 9.97. The number of hydrogen-bond donors (Lipinski definition) is 0. The number of piperazine rings is 1. The predicted molar refractivity (Wildman–Crippen MR) is 117 cm³/mol. The van der Waals surface area contributed by atoms with Crippen LogP contribution in [0.3, 0.4) is 0 Å². The first-order valence-corrected chi connectivity index (χ1v) is 11.1. The molecule has 170 valence electrons. The number of hydrogen-bond acceptors (Lipinski definition) is 6. The van der Waals surface area contributed by atoms with E-state index in [0.717, 1.165) is 19.6 Å². The number of carbonyl (C=O) groups is 3. The first-order chi connectivity index (χ1) is 15.6. The van der Waals surface area contributed by atoms with Gasteiger partial charge in [0.2, 0.25) is 0 Å². The summed E-state index contributed by atoms with van der Waals surface area (Å²) in [6, 6.07) is 13.6. The van der Waals surface area contributed by atoms with Crippen molar-refractivity contribution in [2.24, 2.45) is 5.92 Å². The Morgan fingerprint density at radius 1 is 0.875 bits per heavy atom. The first-order valence-electron chi connectivity index (χ1n) is 11.1. The second kappa shape index (κ2) is 10.5. The summed E-state index contributed by atoms with van der Waals surface area (Å²) in [4.78, 5) is 43.0. The fourth-order valence-electron chi connectivity index (χ4n) is 4.21. The van der Waals surface area contributed by atoms with E-state index in [1.54, 1.807) is 21.9 Å². The Kier molecular flexibility index (Phi) is 7.21. The Bertz CT molecular complexity index is 899. The summed E-state index contributed by atoms with van der Waals surface area (Å²) in [7, 11) is 0. The Labute approximate surface area is 187 Å². The van der Waals surface area contributed by atoms with Gasteiger partial charge in [-0.15, -0.1) is 0 Å². The van der Waals surface area contributed by atoms with Gasteiger partial charge >= 0.3 is 5.97 Å². The number of ether oxygens (including phenoxy) is 1.